The zero-order chi connectivity index (χ0) is 44.7. The number of ketones is 1. The molecule has 334 valence electrons. The van der Waals surface area contributed by atoms with Gasteiger partial charge in [0.1, 0.15) is 35.6 Å². The van der Waals surface area contributed by atoms with Gasteiger partial charge in [-0.2, -0.15) is 0 Å². The number of fused-ring (bicyclic) bond motifs is 6. The SMILES string of the molecule is CC[C@H](C)[C@H](NC(=O)O)C(=O)N1[C@@H](C)CC[C@H]1c1ncc(-c2ccc3c(c2)COc2cc4c(ccc5nc([C@]6(C(=O)[C@@H](NC(=O)OC)[C@@H](C)CC)C[C@H](COC)CN6)[nH]c54)cc2-3)[nH]1. The number of carbonyl (C=O) groups is 4. The number of rotatable bonds is 14. The van der Waals surface area contributed by atoms with Crippen LogP contribution in [0.2, 0.25) is 0 Å². The molecular formula is C47H58N8O8. The van der Waals surface area contributed by atoms with Crippen molar-refractivity contribution in [2.75, 3.05) is 27.4 Å². The largest absolute Gasteiger partial charge is 0.488 e. The van der Waals surface area contributed by atoms with Gasteiger partial charge < -0.3 is 44.8 Å². The second-order valence-electron chi connectivity index (χ2n) is 17.6. The monoisotopic (exact) mass is 862 g/mol. The van der Waals surface area contributed by atoms with Gasteiger partial charge in [-0.3, -0.25) is 14.9 Å². The molecule has 0 saturated carbocycles. The van der Waals surface area contributed by atoms with Crippen molar-refractivity contribution >= 4 is 45.7 Å². The van der Waals surface area contributed by atoms with Gasteiger partial charge in [0.25, 0.3) is 0 Å². The van der Waals surface area contributed by atoms with Crippen LogP contribution in [0.25, 0.3) is 44.2 Å². The average Bonchev–Trinajstić information content (AvgIpc) is 4.12. The molecule has 3 aliphatic heterocycles. The summed E-state index contributed by atoms with van der Waals surface area (Å²) in [5.41, 5.74) is 5.03. The Balaban J connectivity index is 1.09. The molecule has 0 spiro atoms. The molecule has 0 unspecified atom stereocenters. The van der Waals surface area contributed by atoms with E-state index in [9.17, 15) is 24.3 Å². The lowest BCUT2D eigenvalue weighted by Crippen LogP contribution is -2.57. The first-order valence-electron chi connectivity index (χ1n) is 22.0. The second kappa shape index (κ2) is 17.6. The quantitative estimate of drug-likeness (QED) is 0.0658. The summed E-state index contributed by atoms with van der Waals surface area (Å²) in [7, 11) is 2.94. The van der Waals surface area contributed by atoms with E-state index < -0.39 is 29.8 Å². The molecule has 2 aromatic heterocycles. The lowest BCUT2D eigenvalue weighted by atomic mass is 9.80. The van der Waals surface area contributed by atoms with E-state index in [0.717, 1.165) is 56.4 Å². The third-order valence-electron chi connectivity index (χ3n) is 13.7. The van der Waals surface area contributed by atoms with Gasteiger partial charge in [-0.15, -0.1) is 0 Å². The van der Waals surface area contributed by atoms with Crippen molar-refractivity contribution in [2.24, 2.45) is 17.8 Å². The number of hydrogen-bond donors (Lipinski definition) is 6. The molecule has 16 nitrogen and oxygen atoms in total. The maximum atomic E-state index is 14.7. The van der Waals surface area contributed by atoms with Crippen molar-refractivity contribution in [1.82, 2.24) is 40.8 Å². The van der Waals surface area contributed by atoms with Gasteiger partial charge in [0.15, 0.2) is 5.78 Å². The van der Waals surface area contributed by atoms with E-state index in [4.69, 9.17) is 24.2 Å². The molecule has 2 saturated heterocycles. The molecule has 2 fully saturated rings. The molecule has 8 atom stereocenters. The molecule has 3 aromatic carbocycles. The van der Waals surface area contributed by atoms with Crippen molar-refractivity contribution in [3.63, 3.8) is 0 Å². The van der Waals surface area contributed by atoms with Gasteiger partial charge in [-0.25, -0.2) is 19.6 Å². The fourth-order valence-corrected chi connectivity index (χ4v) is 9.80. The summed E-state index contributed by atoms with van der Waals surface area (Å²) in [6, 6.07) is 12.4. The van der Waals surface area contributed by atoms with Crippen molar-refractivity contribution in [2.45, 2.75) is 103 Å². The minimum Gasteiger partial charge on any atom is -0.488 e. The first-order valence-corrected chi connectivity index (χ1v) is 22.0. The average molecular weight is 863 g/mol. The topological polar surface area (TPSA) is 213 Å². The minimum absolute atomic E-state index is 0.0465. The Bertz CT molecular complexity index is 2550. The highest BCUT2D eigenvalue weighted by molar-refractivity contribution is 6.07. The molecule has 3 amide bonds. The number of likely N-dealkylation sites (tertiary alicyclic amines) is 1. The van der Waals surface area contributed by atoms with Crippen LogP contribution < -0.4 is 20.7 Å². The zero-order valence-corrected chi connectivity index (χ0v) is 37.0. The Morgan fingerprint density at radius 1 is 0.984 bits per heavy atom. The van der Waals surface area contributed by atoms with Gasteiger partial charge in [-0.05, 0) is 90.3 Å². The van der Waals surface area contributed by atoms with Crippen LogP contribution in [-0.4, -0.2) is 99.3 Å². The summed E-state index contributed by atoms with van der Waals surface area (Å²) in [4.78, 5) is 71.4. The van der Waals surface area contributed by atoms with Gasteiger partial charge in [0.2, 0.25) is 5.91 Å². The third-order valence-corrected chi connectivity index (χ3v) is 13.7. The number of nitrogens with zero attached hydrogens (tertiary/aromatic N) is 3. The van der Waals surface area contributed by atoms with E-state index in [2.05, 4.69) is 50.2 Å². The number of carboxylic acid groups (broad SMARTS) is 1. The van der Waals surface area contributed by atoms with Gasteiger partial charge in [-0.1, -0.05) is 58.7 Å². The Labute approximate surface area is 366 Å². The van der Waals surface area contributed by atoms with Gasteiger partial charge in [0.05, 0.1) is 48.7 Å². The van der Waals surface area contributed by atoms with Gasteiger partial charge in [0, 0.05) is 30.6 Å². The Morgan fingerprint density at radius 3 is 2.49 bits per heavy atom. The Kier molecular flexibility index (Phi) is 12.2. The molecule has 3 aliphatic rings. The number of hydrogen-bond acceptors (Lipinski definition) is 10. The molecule has 0 bridgehead atoms. The lowest BCUT2D eigenvalue weighted by molar-refractivity contribution is -0.137. The fourth-order valence-electron chi connectivity index (χ4n) is 9.80. The highest BCUT2D eigenvalue weighted by Crippen LogP contribution is 2.44. The summed E-state index contributed by atoms with van der Waals surface area (Å²) in [5.74, 6) is 1.19. The number of benzene rings is 3. The molecule has 0 radical (unpaired) electrons. The molecule has 6 N–H and O–H groups in total. The van der Waals surface area contributed by atoms with E-state index in [1.807, 2.05) is 52.8 Å². The Morgan fingerprint density at radius 2 is 1.76 bits per heavy atom. The van der Waals surface area contributed by atoms with Crippen molar-refractivity contribution in [3.8, 4) is 28.1 Å². The number of carbonyl (C=O) groups excluding carboxylic acids is 3. The first-order chi connectivity index (χ1) is 30.3. The highest BCUT2D eigenvalue weighted by Gasteiger charge is 2.52. The zero-order valence-electron chi connectivity index (χ0n) is 37.0. The Hall–Kier alpha value is -6.00. The fraction of sp³-hybridized carbons (Fsp3) is 0.489. The van der Waals surface area contributed by atoms with Crippen LogP contribution in [0.5, 0.6) is 5.75 Å². The minimum atomic E-state index is -1.21. The van der Waals surface area contributed by atoms with Crippen molar-refractivity contribution in [1.29, 1.82) is 0 Å². The summed E-state index contributed by atoms with van der Waals surface area (Å²) in [6.07, 6.45) is 3.17. The van der Waals surface area contributed by atoms with Crippen LogP contribution in [0, 0.1) is 17.8 Å². The van der Waals surface area contributed by atoms with Crippen LogP contribution in [0.4, 0.5) is 9.59 Å². The summed E-state index contributed by atoms with van der Waals surface area (Å²) >= 11 is 0. The molecule has 0 aliphatic carbocycles. The molecule has 16 heteroatoms. The maximum Gasteiger partial charge on any atom is 0.407 e. The highest BCUT2D eigenvalue weighted by atomic mass is 16.5. The summed E-state index contributed by atoms with van der Waals surface area (Å²) in [6.45, 7) is 11.1. The number of ether oxygens (including phenoxy) is 3. The van der Waals surface area contributed by atoms with Crippen LogP contribution in [-0.2, 0) is 31.2 Å². The maximum absolute atomic E-state index is 14.7. The molecule has 8 rings (SSSR count). The number of alkyl carbamates (subject to hydrolysis) is 1. The number of Topliss-reactive ketones (excluding diaryl/α,β-unsaturated/α-hetero) is 1. The molecule has 63 heavy (non-hydrogen) atoms. The van der Waals surface area contributed by atoms with E-state index in [1.54, 1.807) is 18.2 Å². The van der Waals surface area contributed by atoms with Crippen LogP contribution in [0.15, 0.2) is 48.7 Å². The van der Waals surface area contributed by atoms with Gasteiger partial charge >= 0.3 is 12.2 Å². The normalized spacial score (nSPS) is 22.5. The third kappa shape index (κ3) is 7.99. The van der Waals surface area contributed by atoms with Crippen LogP contribution >= 0.6 is 0 Å². The number of methoxy groups -OCH3 is 2. The number of imidazole rings is 2. The van der Waals surface area contributed by atoms with Crippen molar-refractivity contribution < 1.29 is 38.5 Å². The molecule has 5 aromatic rings. The van der Waals surface area contributed by atoms with E-state index >= 15 is 0 Å². The van der Waals surface area contributed by atoms with Crippen LogP contribution in [0.1, 0.15) is 90.0 Å². The number of amides is 3. The second-order valence-corrected chi connectivity index (χ2v) is 17.6. The lowest BCUT2D eigenvalue weighted by Gasteiger charge is -2.33. The van der Waals surface area contributed by atoms with E-state index in [-0.39, 0.29) is 41.5 Å². The molecule has 5 heterocycles. The summed E-state index contributed by atoms with van der Waals surface area (Å²) < 4.78 is 16.9. The molecular weight excluding hydrogens is 805 g/mol. The van der Waals surface area contributed by atoms with E-state index in [0.29, 0.717) is 62.6 Å². The van der Waals surface area contributed by atoms with Crippen LogP contribution in [0.3, 0.4) is 0 Å². The summed E-state index contributed by atoms with van der Waals surface area (Å²) in [5, 5.41) is 20.2. The predicted molar refractivity (Wildman–Crippen MR) is 237 cm³/mol. The number of aromatic nitrogens is 4. The van der Waals surface area contributed by atoms with Crippen molar-refractivity contribution in [3.05, 3.63) is 65.9 Å². The standard InChI is InChI=1S/C47H58N8O8/c1-8-24(3)38(54-46(60)62-7)41(56)47(19-27(20-49-47)22-61-6)44-51-34-14-12-28-17-33-31-13-11-29(16-30(31)23-63-37(33)18-32(28)40(34)52-44)35-21-48-42(50-35)36-15-10-26(5)55(36)43(57)39(25(4)9-2)53-45(58)59/h11-14,16-18,21,24-27,36,38-39,49,53H,8-10,15,19-20,22-23H2,1-7H3,(H,48,50)(H,51,52)(H,54,60)(H,58,59)/t24-,25-,26-,27-,36-,38-,39-,47+/m0/s1. The first kappa shape index (κ1) is 43.6. The number of H-pyrrole nitrogens is 2. The number of aromatic amines is 2. The van der Waals surface area contributed by atoms with E-state index in [1.165, 1.54) is 7.11 Å². The smallest absolute Gasteiger partial charge is 0.407 e. The number of nitrogens with one attached hydrogen (secondary N) is 5. The predicted octanol–water partition coefficient (Wildman–Crippen LogP) is 7.19.